The number of benzene rings is 1. The van der Waals surface area contributed by atoms with E-state index < -0.39 is 10.0 Å². The highest BCUT2D eigenvalue weighted by molar-refractivity contribution is 7.89. The third kappa shape index (κ3) is 3.81. The second-order valence-corrected chi connectivity index (χ2v) is 6.14. The number of nitrogens with zero attached hydrogens (tertiary/aromatic N) is 2. The van der Waals surface area contributed by atoms with Gasteiger partial charge in [0.25, 0.3) is 0 Å². The molecule has 0 bridgehead atoms. The molecule has 0 amide bonds. The van der Waals surface area contributed by atoms with Crippen molar-refractivity contribution in [1.29, 1.82) is 0 Å². The molecule has 0 radical (unpaired) electrons. The van der Waals surface area contributed by atoms with Gasteiger partial charge in [-0.2, -0.15) is 0 Å². The van der Waals surface area contributed by atoms with Gasteiger partial charge in [-0.3, -0.25) is 0 Å². The summed E-state index contributed by atoms with van der Waals surface area (Å²) in [6.45, 7) is 1.00. The third-order valence-electron chi connectivity index (χ3n) is 3.00. The van der Waals surface area contributed by atoms with Crippen molar-refractivity contribution in [1.82, 2.24) is 14.3 Å². The minimum atomic E-state index is -3.57. The summed E-state index contributed by atoms with van der Waals surface area (Å²) >= 11 is 0. The molecule has 1 heterocycles. The van der Waals surface area contributed by atoms with Gasteiger partial charge in [-0.05, 0) is 18.2 Å². The van der Waals surface area contributed by atoms with Gasteiger partial charge in [0.15, 0.2) is 0 Å². The number of nitrogens with one attached hydrogen (secondary N) is 1. The summed E-state index contributed by atoms with van der Waals surface area (Å²) in [6, 6.07) is 4.63. The maximum Gasteiger partial charge on any atom is 0.240 e. The monoisotopic (exact) mass is 310 g/mol. The van der Waals surface area contributed by atoms with Crippen LogP contribution in [-0.4, -0.2) is 31.6 Å². The van der Waals surface area contributed by atoms with E-state index in [1.807, 2.05) is 0 Å². The van der Waals surface area contributed by atoms with Gasteiger partial charge >= 0.3 is 0 Å². The zero-order valence-corrected chi connectivity index (χ0v) is 12.5. The molecule has 0 aliphatic carbocycles. The van der Waals surface area contributed by atoms with Crippen LogP contribution >= 0.6 is 0 Å². The number of methoxy groups -OCH3 is 1. The summed E-state index contributed by atoms with van der Waals surface area (Å²) in [7, 11) is -2.05. The number of imidazole rings is 1. The molecular weight excluding hydrogens is 292 g/mol. The Kier molecular flexibility index (Phi) is 4.94. The number of hydrogen-bond donors (Lipinski definition) is 2. The first-order valence-electron chi connectivity index (χ1n) is 6.39. The SMILES string of the molecule is COc1ccc(S(=O)(=O)NCCn2ccnc2)cc1CN. The molecule has 0 saturated carbocycles. The van der Waals surface area contributed by atoms with E-state index in [1.165, 1.54) is 19.2 Å². The number of nitrogens with two attached hydrogens (primary N) is 1. The minimum Gasteiger partial charge on any atom is -0.496 e. The van der Waals surface area contributed by atoms with Crippen molar-refractivity contribution >= 4 is 10.0 Å². The van der Waals surface area contributed by atoms with E-state index in [2.05, 4.69) is 9.71 Å². The van der Waals surface area contributed by atoms with E-state index >= 15 is 0 Å². The fourth-order valence-electron chi connectivity index (χ4n) is 1.89. The Bertz CT molecular complexity index is 683. The summed E-state index contributed by atoms with van der Waals surface area (Å²) < 4.78 is 33.9. The molecule has 1 aromatic carbocycles. The molecule has 0 saturated heterocycles. The lowest BCUT2D eigenvalue weighted by molar-refractivity contribution is 0.409. The second kappa shape index (κ2) is 6.70. The number of aromatic nitrogens is 2. The number of rotatable bonds is 7. The van der Waals surface area contributed by atoms with E-state index in [0.717, 1.165) is 0 Å². The van der Waals surface area contributed by atoms with Gasteiger partial charge in [0.2, 0.25) is 10.0 Å². The lowest BCUT2D eigenvalue weighted by atomic mass is 10.2. The van der Waals surface area contributed by atoms with Crippen molar-refractivity contribution < 1.29 is 13.2 Å². The Morgan fingerprint density at radius 2 is 2.24 bits per heavy atom. The topological polar surface area (TPSA) is 99.2 Å². The number of hydrogen-bond acceptors (Lipinski definition) is 5. The first kappa shape index (κ1) is 15.5. The fraction of sp³-hybridized carbons (Fsp3) is 0.308. The standard InChI is InChI=1S/C13H18N4O3S/c1-20-13-3-2-12(8-11(13)9-14)21(18,19)16-5-7-17-6-4-15-10-17/h2-4,6,8,10,16H,5,7,9,14H2,1H3. The van der Waals surface area contributed by atoms with Gasteiger partial charge in [0.05, 0.1) is 18.3 Å². The Hall–Kier alpha value is -1.90. The lowest BCUT2D eigenvalue weighted by Crippen LogP contribution is -2.27. The Morgan fingerprint density at radius 3 is 2.86 bits per heavy atom. The number of ether oxygens (including phenoxy) is 1. The van der Waals surface area contributed by atoms with Crippen LogP contribution < -0.4 is 15.2 Å². The summed E-state index contributed by atoms with van der Waals surface area (Å²) in [4.78, 5) is 4.07. The molecule has 114 valence electrons. The third-order valence-corrected chi connectivity index (χ3v) is 4.46. The molecule has 2 rings (SSSR count). The van der Waals surface area contributed by atoms with Gasteiger partial charge in [-0.15, -0.1) is 0 Å². The summed E-state index contributed by atoms with van der Waals surface area (Å²) in [6.07, 6.45) is 5.05. The van der Waals surface area contributed by atoms with Crippen LogP contribution in [0, 0.1) is 0 Å². The zero-order valence-electron chi connectivity index (χ0n) is 11.7. The number of sulfonamides is 1. The predicted molar refractivity (Wildman–Crippen MR) is 78.3 cm³/mol. The predicted octanol–water partition coefficient (Wildman–Crippen LogP) is 0.329. The highest BCUT2D eigenvalue weighted by Gasteiger charge is 2.15. The van der Waals surface area contributed by atoms with Gasteiger partial charge in [-0.1, -0.05) is 0 Å². The van der Waals surface area contributed by atoms with Crippen LogP contribution in [0.2, 0.25) is 0 Å². The Labute approximate surface area is 123 Å². The average Bonchev–Trinajstić information content (AvgIpc) is 2.99. The minimum absolute atomic E-state index is 0.175. The quantitative estimate of drug-likeness (QED) is 0.768. The van der Waals surface area contributed by atoms with Crippen molar-refractivity contribution in [2.75, 3.05) is 13.7 Å². The zero-order chi connectivity index (χ0) is 15.3. The molecule has 0 unspecified atom stereocenters. The molecule has 1 aromatic heterocycles. The summed E-state index contributed by atoms with van der Waals surface area (Å²) in [5, 5.41) is 0. The molecule has 0 aliphatic heterocycles. The molecule has 2 aromatic rings. The van der Waals surface area contributed by atoms with Gasteiger partial charge in [0, 0.05) is 37.6 Å². The molecule has 0 atom stereocenters. The van der Waals surface area contributed by atoms with Crippen LogP contribution in [0.5, 0.6) is 5.75 Å². The maximum atomic E-state index is 12.2. The summed E-state index contributed by atoms with van der Waals surface area (Å²) in [5.74, 6) is 0.579. The smallest absolute Gasteiger partial charge is 0.240 e. The van der Waals surface area contributed by atoms with E-state index in [-0.39, 0.29) is 18.0 Å². The van der Waals surface area contributed by atoms with Gasteiger partial charge in [0.1, 0.15) is 5.75 Å². The van der Waals surface area contributed by atoms with Crippen molar-refractivity contribution in [2.24, 2.45) is 5.73 Å². The molecule has 0 fully saturated rings. The van der Waals surface area contributed by atoms with Crippen LogP contribution in [0.15, 0.2) is 41.8 Å². The molecule has 0 spiro atoms. The van der Waals surface area contributed by atoms with Crippen molar-refractivity contribution in [2.45, 2.75) is 18.0 Å². The molecular formula is C13H18N4O3S. The molecule has 7 nitrogen and oxygen atoms in total. The molecule has 3 N–H and O–H groups in total. The first-order chi connectivity index (χ1) is 10.1. The Balaban J connectivity index is 2.08. The largest absolute Gasteiger partial charge is 0.496 e. The van der Waals surface area contributed by atoms with Crippen LogP contribution in [0.3, 0.4) is 0 Å². The highest BCUT2D eigenvalue weighted by Crippen LogP contribution is 2.21. The van der Waals surface area contributed by atoms with E-state index in [4.69, 9.17) is 10.5 Å². The van der Waals surface area contributed by atoms with Crippen molar-refractivity contribution in [3.8, 4) is 5.75 Å². The van der Waals surface area contributed by atoms with Crippen LogP contribution in [0.4, 0.5) is 0 Å². The average molecular weight is 310 g/mol. The molecule has 8 heteroatoms. The van der Waals surface area contributed by atoms with Crippen molar-refractivity contribution in [3.05, 3.63) is 42.5 Å². The van der Waals surface area contributed by atoms with Crippen LogP contribution in [0.1, 0.15) is 5.56 Å². The lowest BCUT2D eigenvalue weighted by Gasteiger charge is -2.11. The van der Waals surface area contributed by atoms with E-state index in [0.29, 0.717) is 17.9 Å². The van der Waals surface area contributed by atoms with E-state index in [1.54, 1.807) is 29.4 Å². The first-order valence-corrected chi connectivity index (χ1v) is 7.87. The molecule has 21 heavy (non-hydrogen) atoms. The van der Waals surface area contributed by atoms with Crippen molar-refractivity contribution in [3.63, 3.8) is 0 Å². The highest BCUT2D eigenvalue weighted by atomic mass is 32.2. The fourth-order valence-corrected chi connectivity index (χ4v) is 2.96. The van der Waals surface area contributed by atoms with E-state index in [9.17, 15) is 8.42 Å². The van der Waals surface area contributed by atoms with Crippen LogP contribution in [0.25, 0.3) is 0 Å². The normalized spacial score (nSPS) is 11.5. The maximum absolute atomic E-state index is 12.2. The van der Waals surface area contributed by atoms with Gasteiger partial charge in [-0.25, -0.2) is 18.1 Å². The Morgan fingerprint density at radius 1 is 1.43 bits per heavy atom. The van der Waals surface area contributed by atoms with Crippen LogP contribution in [-0.2, 0) is 23.1 Å². The van der Waals surface area contributed by atoms with Gasteiger partial charge < -0.3 is 15.0 Å². The summed E-state index contributed by atoms with van der Waals surface area (Å²) in [5.41, 5.74) is 6.25. The molecule has 0 aliphatic rings. The second-order valence-electron chi connectivity index (χ2n) is 4.38.